The fraction of sp³-hybridized carbons (Fsp3) is 0. The SMILES string of the molecule is Fc1[c]c(Cl)ccc1-c1ccccc1. The largest absolute Gasteiger partial charge is 0.206 e. The minimum atomic E-state index is -0.413. The molecule has 0 unspecified atom stereocenters. The van der Waals surface area contributed by atoms with E-state index in [-0.39, 0.29) is 0 Å². The fourth-order valence-corrected chi connectivity index (χ4v) is 1.43. The molecule has 0 aliphatic carbocycles. The van der Waals surface area contributed by atoms with Crippen molar-refractivity contribution in [3.05, 3.63) is 59.4 Å². The lowest BCUT2D eigenvalue weighted by Gasteiger charge is -2.02. The van der Waals surface area contributed by atoms with E-state index in [0.29, 0.717) is 10.6 Å². The Morgan fingerprint density at radius 2 is 1.71 bits per heavy atom. The first kappa shape index (κ1) is 9.22. The number of halogens is 2. The summed E-state index contributed by atoms with van der Waals surface area (Å²) < 4.78 is 13.4. The quantitative estimate of drug-likeness (QED) is 0.662. The standard InChI is InChI=1S/C12H7ClF/c13-10-6-7-11(12(14)8-10)9-4-2-1-3-5-9/h1-7H. The van der Waals surface area contributed by atoms with Crippen LogP contribution in [0.2, 0.25) is 5.02 Å². The van der Waals surface area contributed by atoms with E-state index in [1.807, 2.05) is 30.3 Å². The van der Waals surface area contributed by atoms with E-state index in [0.717, 1.165) is 5.56 Å². The molecule has 69 valence electrons. The molecule has 2 aromatic rings. The fourth-order valence-electron chi connectivity index (χ4n) is 1.28. The molecular formula is C12H7ClF. The molecule has 0 aliphatic heterocycles. The summed E-state index contributed by atoms with van der Waals surface area (Å²) in [5, 5.41) is 0.294. The van der Waals surface area contributed by atoms with Crippen LogP contribution in [0.3, 0.4) is 0 Å². The summed E-state index contributed by atoms with van der Waals surface area (Å²) >= 11 is 5.61. The minimum absolute atomic E-state index is 0.294. The second-order valence-electron chi connectivity index (χ2n) is 2.90. The van der Waals surface area contributed by atoms with Crippen LogP contribution in [-0.4, -0.2) is 0 Å². The van der Waals surface area contributed by atoms with Gasteiger partial charge in [-0.15, -0.1) is 0 Å². The molecule has 0 heterocycles. The Hall–Kier alpha value is -1.34. The summed E-state index contributed by atoms with van der Waals surface area (Å²) in [6.45, 7) is 0. The van der Waals surface area contributed by atoms with Crippen molar-refractivity contribution < 1.29 is 4.39 Å². The van der Waals surface area contributed by atoms with Crippen molar-refractivity contribution in [2.24, 2.45) is 0 Å². The highest BCUT2D eigenvalue weighted by Crippen LogP contribution is 2.24. The Labute approximate surface area is 87.0 Å². The molecule has 0 spiro atoms. The van der Waals surface area contributed by atoms with Crippen LogP contribution < -0.4 is 0 Å². The van der Waals surface area contributed by atoms with E-state index in [1.165, 1.54) is 0 Å². The van der Waals surface area contributed by atoms with Gasteiger partial charge >= 0.3 is 0 Å². The summed E-state index contributed by atoms with van der Waals surface area (Å²) in [6, 6.07) is 15.0. The van der Waals surface area contributed by atoms with Gasteiger partial charge in [-0.05, 0) is 17.7 Å². The molecule has 0 amide bonds. The molecule has 1 radical (unpaired) electrons. The average Bonchev–Trinajstić information content (AvgIpc) is 2.19. The highest BCUT2D eigenvalue weighted by atomic mass is 35.5. The molecule has 0 bridgehead atoms. The first-order valence-corrected chi connectivity index (χ1v) is 4.58. The molecular weight excluding hydrogens is 199 g/mol. The normalized spacial score (nSPS) is 10.1. The summed E-state index contributed by atoms with van der Waals surface area (Å²) in [7, 11) is 0. The van der Waals surface area contributed by atoms with Crippen LogP contribution in [0.4, 0.5) is 4.39 Å². The Balaban J connectivity index is 2.53. The van der Waals surface area contributed by atoms with Gasteiger partial charge in [0.1, 0.15) is 5.82 Å². The second kappa shape index (κ2) is 3.81. The van der Waals surface area contributed by atoms with Crippen molar-refractivity contribution >= 4 is 11.6 Å². The van der Waals surface area contributed by atoms with Crippen LogP contribution in [0.1, 0.15) is 0 Å². The molecule has 2 rings (SSSR count). The third-order valence-electron chi connectivity index (χ3n) is 1.95. The molecule has 0 aromatic heterocycles. The maximum absolute atomic E-state index is 13.4. The maximum atomic E-state index is 13.4. The van der Waals surface area contributed by atoms with Gasteiger partial charge in [-0.2, -0.15) is 0 Å². The average molecular weight is 206 g/mol. The van der Waals surface area contributed by atoms with Gasteiger partial charge < -0.3 is 0 Å². The smallest absolute Gasteiger partial charge is 0.140 e. The van der Waals surface area contributed by atoms with Gasteiger partial charge in [-0.3, -0.25) is 0 Å². The van der Waals surface area contributed by atoms with Gasteiger partial charge in [0.2, 0.25) is 0 Å². The molecule has 0 saturated heterocycles. The summed E-state index contributed by atoms with van der Waals surface area (Å²) in [6.07, 6.45) is 0. The number of rotatable bonds is 1. The lowest BCUT2D eigenvalue weighted by molar-refractivity contribution is 0.629. The predicted octanol–water partition coefficient (Wildman–Crippen LogP) is 3.95. The number of benzene rings is 2. The zero-order valence-corrected chi connectivity index (χ0v) is 8.05. The maximum Gasteiger partial charge on any atom is 0.140 e. The third kappa shape index (κ3) is 1.78. The van der Waals surface area contributed by atoms with Crippen molar-refractivity contribution in [2.45, 2.75) is 0 Å². The van der Waals surface area contributed by atoms with Crippen LogP contribution in [0.5, 0.6) is 0 Å². The molecule has 0 aliphatic rings. The molecule has 0 atom stereocenters. The van der Waals surface area contributed by atoms with Gasteiger partial charge in [-0.25, -0.2) is 4.39 Å². The molecule has 14 heavy (non-hydrogen) atoms. The summed E-state index contributed by atoms with van der Waals surface area (Å²) in [5.74, 6) is -0.413. The highest BCUT2D eigenvalue weighted by molar-refractivity contribution is 6.30. The van der Waals surface area contributed by atoms with Gasteiger partial charge in [-0.1, -0.05) is 41.9 Å². The molecule has 0 N–H and O–H groups in total. The van der Waals surface area contributed by atoms with Gasteiger partial charge in [0.05, 0.1) is 5.02 Å². The lowest BCUT2D eigenvalue weighted by Crippen LogP contribution is -1.83. The van der Waals surface area contributed by atoms with E-state index in [9.17, 15) is 4.39 Å². The van der Waals surface area contributed by atoms with E-state index in [4.69, 9.17) is 11.6 Å². The van der Waals surface area contributed by atoms with Crippen molar-refractivity contribution in [1.82, 2.24) is 0 Å². The zero-order valence-electron chi connectivity index (χ0n) is 7.30. The number of hydrogen-bond acceptors (Lipinski definition) is 0. The van der Waals surface area contributed by atoms with Crippen LogP contribution in [0.25, 0.3) is 11.1 Å². The van der Waals surface area contributed by atoms with E-state index >= 15 is 0 Å². The summed E-state index contributed by atoms with van der Waals surface area (Å²) in [4.78, 5) is 0. The molecule has 0 saturated carbocycles. The van der Waals surface area contributed by atoms with Crippen LogP contribution >= 0.6 is 11.6 Å². The topological polar surface area (TPSA) is 0 Å². The first-order chi connectivity index (χ1) is 6.77. The van der Waals surface area contributed by atoms with Gasteiger partial charge in [0.25, 0.3) is 0 Å². The minimum Gasteiger partial charge on any atom is -0.206 e. The predicted molar refractivity (Wildman–Crippen MR) is 55.7 cm³/mol. The third-order valence-corrected chi connectivity index (χ3v) is 2.17. The van der Waals surface area contributed by atoms with Gasteiger partial charge in [0.15, 0.2) is 0 Å². The Morgan fingerprint density at radius 1 is 1.00 bits per heavy atom. The van der Waals surface area contributed by atoms with E-state index < -0.39 is 5.82 Å². The number of hydrogen-bond donors (Lipinski definition) is 0. The highest BCUT2D eigenvalue weighted by Gasteiger charge is 2.04. The lowest BCUT2D eigenvalue weighted by atomic mass is 10.1. The van der Waals surface area contributed by atoms with Crippen molar-refractivity contribution in [3.8, 4) is 11.1 Å². The van der Waals surface area contributed by atoms with Gasteiger partial charge in [0, 0.05) is 11.6 Å². The van der Waals surface area contributed by atoms with Crippen molar-refractivity contribution in [3.63, 3.8) is 0 Å². The summed E-state index contributed by atoms with van der Waals surface area (Å²) in [5.41, 5.74) is 1.35. The van der Waals surface area contributed by atoms with Crippen LogP contribution in [-0.2, 0) is 0 Å². The monoisotopic (exact) mass is 205 g/mol. The molecule has 0 nitrogen and oxygen atoms in total. The Bertz CT molecular complexity index is 437. The first-order valence-electron chi connectivity index (χ1n) is 4.20. The molecule has 2 heteroatoms. The zero-order chi connectivity index (χ0) is 9.97. The molecule has 2 aromatic carbocycles. The van der Waals surface area contributed by atoms with Crippen LogP contribution in [0, 0.1) is 11.9 Å². The van der Waals surface area contributed by atoms with Crippen LogP contribution in [0.15, 0.2) is 42.5 Å². The van der Waals surface area contributed by atoms with Crippen molar-refractivity contribution in [2.75, 3.05) is 0 Å². The Kier molecular flexibility index (Phi) is 2.51. The molecule has 0 fully saturated rings. The second-order valence-corrected chi connectivity index (χ2v) is 3.31. The van der Waals surface area contributed by atoms with E-state index in [2.05, 4.69) is 6.07 Å². The van der Waals surface area contributed by atoms with Crippen molar-refractivity contribution in [1.29, 1.82) is 0 Å². The Morgan fingerprint density at radius 3 is 2.36 bits per heavy atom. The van der Waals surface area contributed by atoms with E-state index in [1.54, 1.807) is 12.1 Å².